The van der Waals surface area contributed by atoms with Crippen LogP contribution in [0.5, 0.6) is 0 Å². The fraction of sp³-hybridized carbons (Fsp3) is 0.455. The van der Waals surface area contributed by atoms with Gasteiger partial charge < -0.3 is 10.6 Å². The van der Waals surface area contributed by atoms with Gasteiger partial charge in [-0.3, -0.25) is 9.59 Å². The number of nitrogens with one attached hydrogen (secondary N) is 2. The zero-order chi connectivity index (χ0) is 21.8. The van der Waals surface area contributed by atoms with E-state index in [0.29, 0.717) is 45.5 Å². The number of rotatable bonds is 8. The van der Waals surface area contributed by atoms with Gasteiger partial charge in [0.15, 0.2) is 0 Å². The van der Waals surface area contributed by atoms with Crippen LogP contribution in [0, 0.1) is 22.7 Å². The summed E-state index contributed by atoms with van der Waals surface area (Å²) in [5.74, 6) is 1.03. The van der Waals surface area contributed by atoms with Gasteiger partial charge in [-0.15, -0.1) is 22.7 Å². The average molecular weight is 471 g/mol. The molecule has 2 aromatic heterocycles. The van der Waals surface area contributed by atoms with Crippen LogP contribution in [0.4, 0.5) is 10.0 Å². The first-order chi connectivity index (χ1) is 15.1. The average Bonchev–Trinajstić information content (AvgIpc) is 3.48. The summed E-state index contributed by atoms with van der Waals surface area (Å²) in [5, 5.41) is 25.9. The Morgan fingerprint density at radius 2 is 1.26 bits per heavy atom. The molecule has 6 nitrogen and oxygen atoms in total. The molecule has 0 aliphatic heterocycles. The van der Waals surface area contributed by atoms with Crippen molar-refractivity contribution in [3.63, 3.8) is 0 Å². The third-order valence-corrected chi connectivity index (χ3v) is 8.92. The maximum absolute atomic E-state index is 12.2. The molecule has 0 saturated carbocycles. The van der Waals surface area contributed by atoms with Crippen molar-refractivity contribution in [2.75, 3.05) is 22.1 Å². The first-order valence-corrected chi connectivity index (χ1v) is 13.2. The number of carbonyl (C=O) groups is 2. The highest BCUT2D eigenvalue weighted by molar-refractivity contribution is 7.99. The molecule has 0 bridgehead atoms. The summed E-state index contributed by atoms with van der Waals surface area (Å²) < 4.78 is 0. The summed E-state index contributed by atoms with van der Waals surface area (Å²) in [6.45, 7) is 0. The molecule has 0 saturated heterocycles. The standard InChI is InChI=1S/C22H22N4O2S3/c23-11-15-13-3-1-5-17(13)30-21(15)25-19(27)7-9-29-10-8-20(28)26-22-16(12-24)14-4-2-6-18(14)31-22/h1-10H2,(H,25,27)(H,26,28). The molecule has 0 spiro atoms. The van der Waals surface area contributed by atoms with Gasteiger partial charge in [0.25, 0.3) is 0 Å². The number of carbonyl (C=O) groups excluding carboxylic acids is 2. The Morgan fingerprint density at radius 3 is 1.68 bits per heavy atom. The Hall–Kier alpha value is -2.33. The number of thiophene rings is 2. The van der Waals surface area contributed by atoms with Crippen LogP contribution in [0.25, 0.3) is 0 Å². The second kappa shape index (κ2) is 9.86. The van der Waals surface area contributed by atoms with E-state index >= 15 is 0 Å². The molecule has 0 fully saturated rings. The number of anilines is 2. The number of aryl methyl sites for hydroxylation is 2. The molecule has 2 aliphatic rings. The van der Waals surface area contributed by atoms with Gasteiger partial charge in [0.1, 0.15) is 22.1 Å². The van der Waals surface area contributed by atoms with Crippen molar-refractivity contribution in [2.24, 2.45) is 0 Å². The number of hydrogen-bond donors (Lipinski definition) is 2. The van der Waals surface area contributed by atoms with Gasteiger partial charge in [0.2, 0.25) is 11.8 Å². The van der Waals surface area contributed by atoms with E-state index in [2.05, 4.69) is 22.8 Å². The molecule has 0 atom stereocenters. The highest BCUT2D eigenvalue weighted by Gasteiger charge is 2.24. The van der Waals surface area contributed by atoms with E-state index in [1.807, 2.05) is 0 Å². The molecule has 2 heterocycles. The summed E-state index contributed by atoms with van der Waals surface area (Å²) in [5.41, 5.74) is 3.48. The quantitative estimate of drug-likeness (QED) is 0.548. The van der Waals surface area contributed by atoms with E-state index in [9.17, 15) is 20.1 Å². The second-order valence-electron chi connectivity index (χ2n) is 7.56. The van der Waals surface area contributed by atoms with Gasteiger partial charge in [0, 0.05) is 34.1 Å². The Labute approximate surface area is 193 Å². The molecule has 9 heteroatoms. The number of nitriles is 2. The molecule has 160 valence electrons. The Kier molecular flexibility index (Phi) is 6.96. The van der Waals surface area contributed by atoms with Gasteiger partial charge in [-0.2, -0.15) is 22.3 Å². The normalized spacial score (nSPS) is 13.9. The van der Waals surface area contributed by atoms with E-state index in [1.54, 1.807) is 11.8 Å². The van der Waals surface area contributed by atoms with Gasteiger partial charge in [-0.25, -0.2) is 0 Å². The van der Waals surface area contributed by atoms with Gasteiger partial charge in [-0.1, -0.05) is 0 Å². The van der Waals surface area contributed by atoms with E-state index in [0.717, 1.165) is 49.7 Å². The van der Waals surface area contributed by atoms with Crippen LogP contribution in [0.2, 0.25) is 0 Å². The van der Waals surface area contributed by atoms with Crippen molar-refractivity contribution in [3.8, 4) is 12.1 Å². The maximum Gasteiger partial charge on any atom is 0.225 e. The minimum absolute atomic E-state index is 0.0971. The second-order valence-corrected chi connectivity index (χ2v) is 11.0. The molecule has 4 rings (SSSR count). The van der Waals surface area contributed by atoms with Crippen molar-refractivity contribution in [2.45, 2.75) is 51.4 Å². The number of amides is 2. The first-order valence-electron chi connectivity index (χ1n) is 10.4. The van der Waals surface area contributed by atoms with Crippen LogP contribution in [-0.4, -0.2) is 23.3 Å². The molecule has 2 aliphatic carbocycles. The highest BCUT2D eigenvalue weighted by Crippen LogP contribution is 2.39. The molecule has 0 unspecified atom stereocenters. The van der Waals surface area contributed by atoms with E-state index in [-0.39, 0.29) is 11.8 Å². The summed E-state index contributed by atoms with van der Waals surface area (Å²) >= 11 is 4.60. The van der Waals surface area contributed by atoms with Gasteiger partial charge in [-0.05, 0) is 49.7 Å². The number of thioether (sulfide) groups is 1. The fourth-order valence-electron chi connectivity index (χ4n) is 4.03. The van der Waals surface area contributed by atoms with E-state index < -0.39 is 0 Å². The number of fused-ring (bicyclic) bond motifs is 2. The highest BCUT2D eigenvalue weighted by atomic mass is 32.2. The molecule has 2 amide bonds. The smallest absolute Gasteiger partial charge is 0.225 e. The van der Waals surface area contributed by atoms with E-state index in [1.165, 1.54) is 32.4 Å². The van der Waals surface area contributed by atoms with Crippen LogP contribution in [0.15, 0.2) is 0 Å². The number of hydrogen-bond acceptors (Lipinski definition) is 7. The molecule has 2 N–H and O–H groups in total. The van der Waals surface area contributed by atoms with Crippen LogP contribution < -0.4 is 10.6 Å². The van der Waals surface area contributed by atoms with Crippen molar-refractivity contribution in [3.05, 3.63) is 32.0 Å². The predicted octanol–water partition coefficient (Wildman–Crippen LogP) is 4.62. The Bertz CT molecular complexity index is 1020. The van der Waals surface area contributed by atoms with Crippen molar-refractivity contribution in [1.29, 1.82) is 10.5 Å². The zero-order valence-corrected chi connectivity index (χ0v) is 19.5. The zero-order valence-electron chi connectivity index (χ0n) is 17.0. The third kappa shape index (κ3) is 4.79. The van der Waals surface area contributed by atoms with Gasteiger partial charge >= 0.3 is 0 Å². The SMILES string of the molecule is N#Cc1c(NC(=O)CCSCCC(=O)Nc2sc3c(c2C#N)CCC3)sc2c1CCC2. The van der Waals surface area contributed by atoms with Crippen LogP contribution in [0.3, 0.4) is 0 Å². The molecule has 31 heavy (non-hydrogen) atoms. The largest absolute Gasteiger partial charge is 0.317 e. The van der Waals surface area contributed by atoms with Crippen LogP contribution in [-0.2, 0) is 35.3 Å². The van der Waals surface area contributed by atoms with Crippen molar-refractivity contribution >= 4 is 56.3 Å². The lowest BCUT2D eigenvalue weighted by atomic mass is 10.1. The summed E-state index contributed by atoms with van der Waals surface area (Å²) in [6, 6.07) is 4.47. The van der Waals surface area contributed by atoms with Crippen molar-refractivity contribution < 1.29 is 9.59 Å². The van der Waals surface area contributed by atoms with E-state index in [4.69, 9.17) is 0 Å². The summed E-state index contributed by atoms with van der Waals surface area (Å²) in [6.07, 6.45) is 6.69. The summed E-state index contributed by atoms with van der Waals surface area (Å²) in [4.78, 5) is 26.9. The molecular weight excluding hydrogens is 448 g/mol. The molecular formula is C22H22N4O2S3. The third-order valence-electron chi connectivity index (χ3n) is 5.52. The predicted molar refractivity (Wildman–Crippen MR) is 126 cm³/mol. The van der Waals surface area contributed by atoms with Crippen LogP contribution in [0.1, 0.15) is 57.7 Å². The molecule has 0 radical (unpaired) electrons. The van der Waals surface area contributed by atoms with Crippen molar-refractivity contribution in [1.82, 2.24) is 0 Å². The lowest BCUT2D eigenvalue weighted by Crippen LogP contribution is -2.14. The monoisotopic (exact) mass is 470 g/mol. The van der Waals surface area contributed by atoms with Gasteiger partial charge in [0.05, 0.1) is 11.1 Å². The Morgan fingerprint density at radius 1 is 0.806 bits per heavy atom. The lowest BCUT2D eigenvalue weighted by Gasteiger charge is -2.05. The minimum atomic E-state index is -0.0971. The lowest BCUT2D eigenvalue weighted by molar-refractivity contribution is -0.116. The maximum atomic E-state index is 12.2. The molecule has 2 aromatic rings. The topological polar surface area (TPSA) is 106 Å². The Balaban J connectivity index is 1.17. The first kappa shape index (κ1) is 21.9. The van der Waals surface area contributed by atoms with Crippen LogP contribution >= 0.6 is 34.4 Å². The number of nitrogens with zero attached hydrogens (tertiary/aromatic N) is 2. The molecule has 0 aromatic carbocycles. The minimum Gasteiger partial charge on any atom is -0.317 e. The summed E-state index contributed by atoms with van der Waals surface area (Å²) in [7, 11) is 0. The fourth-order valence-corrected chi connectivity index (χ4v) is 7.41.